The van der Waals surface area contributed by atoms with Crippen LogP contribution in [0.1, 0.15) is 11.4 Å². The van der Waals surface area contributed by atoms with Crippen molar-refractivity contribution in [2.75, 3.05) is 11.9 Å². The highest BCUT2D eigenvalue weighted by molar-refractivity contribution is 6.12. The summed E-state index contributed by atoms with van der Waals surface area (Å²) in [6, 6.07) is 41.5. The summed E-state index contributed by atoms with van der Waals surface area (Å²) in [6.07, 6.45) is 2.14. The van der Waals surface area contributed by atoms with E-state index in [1.807, 2.05) is 36.4 Å². The minimum absolute atomic E-state index is 0.588. The van der Waals surface area contributed by atoms with Crippen molar-refractivity contribution in [1.82, 2.24) is 15.0 Å². The van der Waals surface area contributed by atoms with Crippen LogP contribution >= 0.6 is 0 Å². The van der Waals surface area contributed by atoms with Crippen LogP contribution < -0.4 is 5.32 Å². The van der Waals surface area contributed by atoms with Crippen molar-refractivity contribution in [3.05, 3.63) is 139 Å². The number of hydrogen-bond acceptors (Lipinski definition) is 6. The maximum Gasteiger partial charge on any atom is 0.202 e. The van der Waals surface area contributed by atoms with Gasteiger partial charge in [0, 0.05) is 39.4 Å². The largest absolute Gasteiger partial charge is 0.456 e. The van der Waals surface area contributed by atoms with E-state index in [0.29, 0.717) is 24.0 Å². The molecular formula is C40H24N4O2. The van der Waals surface area contributed by atoms with Crippen LogP contribution in [0.15, 0.2) is 136 Å². The van der Waals surface area contributed by atoms with Crippen molar-refractivity contribution in [3.63, 3.8) is 0 Å². The molecule has 6 heteroatoms. The molecule has 6 aromatic carbocycles. The van der Waals surface area contributed by atoms with Crippen LogP contribution in [-0.4, -0.2) is 21.5 Å². The van der Waals surface area contributed by atoms with E-state index in [1.165, 1.54) is 0 Å². The van der Waals surface area contributed by atoms with Gasteiger partial charge in [0.25, 0.3) is 0 Å². The first-order chi connectivity index (χ1) is 22.8. The van der Waals surface area contributed by atoms with Gasteiger partial charge in [0.1, 0.15) is 16.7 Å². The SMILES string of the molecule is C1=C(c2nc(-c3ccc4ccccc4c3)nc(-c3cccc4oc5ccccc5c34)n2)c2c(oc3cc4ccccc4cc23)NC1. The van der Waals surface area contributed by atoms with Crippen molar-refractivity contribution in [2.45, 2.75) is 0 Å². The Morgan fingerprint density at radius 3 is 2.13 bits per heavy atom. The molecule has 0 radical (unpaired) electrons. The second-order valence-electron chi connectivity index (χ2n) is 11.6. The van der Waals surface area contributed by atoms with Gasteiger partial charge in [-0.25, -0.2) is 15.0 Å². The summed E-state index contributed by atoms with van der Waals surface area (Å²) in [7, 11) is 0. The Balaban J connectivity index is 1.24. The van der Waals surface area contributed by atoms with E-state index in [2.05, 4.69) is 96.3 Å². The Morgan fingerprint density at radius 1 is 0.522 bits per heavy atom. The van der Waals surface area contributed by atoms with Gasteiger partial charge in [-0.2, -0.15) is 0 Å². The van der Waals surface area contributed by atoms with Gasteiger partial charge in [-0.1, -0.05) is 97.1 Å². The van der Waals surface area contributed by atoms with E-state index in [1.54, 1.807) is 0 Å². The van der Waals surface area contributed by atoms with E-state index in [4.69, 9.17) is 23.8 Å². The predicted octanol–water partition coefficient (Wildman–Crippen LogP) is 10.0. The van der Waals surface area contributed by atoms with Gasteiger partial charge in [-0.05, 0) is 51.9 Å². The smallest absolute Gasteiger partial charge is 0.202 e. The van der Waals surface area contributed by atoms with Crippen LogP contribution in [0.25, 0.3) is 82.8 Å². The second-order valence-corrected chi connectivity index (χ2v) is 11.6. The van der Waals surface area contributed by atoms with Crippen LogP contribution in [-0.2, 0) is 0 Å². The molecule has 0 atom stereocenters. The summed E-state index contributed by atoms with van der Waals surface area (Å²) in [5, 5.41) is 11.0. The maximum absolute atomic E-state index is 6.39. The molecule has 0 saturated heterocycles. The Bertz CT molecular complexity index is 2720. The van der Waals surface area contributed by atoms with Crippen molar-refractivity contribution < 1.29 is 8.83 Å². The topological polar surface area (TPSA) is 77.0 Å². The zero-order valence-corrected chi connectivity index (χ0v) is 24.5. The quantitative estimate of drug-likeness (QED) is 0.220. The molecule has 3 aromatic heterocycles. The zero-order valence-electron chi connectivity index (χ0n) is 24.5. The first-order valence-corrected chi connectivity index (χ1v) is 15.3. The molecular weight excluding hydrogens is 568 g/mol. The lowest BCUT2D eigenvalue weighted by atomic mass is 9.98. The summed E-state index contributed by atoms with van der Waals surface area (Å²) in [6.45, 7) is 0.593. The zero-order chi connectivity index (χ0) is 30.2. The van der Waals surface area contributed by atoms with Crippen molar-refractivity contribution >= 4 is 65.9 Å². The summed E-state index contributed by atoms with van der Waals surface area (Å²) in [4.78, 5) is 15.5. The van der Waals surface area contributed by atoms with E-state index < -0.39 is 0 Å². The number of hydrogen-bond donors (Lipinski definition) is 1. The first kappa shape index (κ1) is 25.1. The monoisotopic (exact) mass is 592 g/mol. The van der Waals surface area contributed by atoms with E-state index >= 15 is 0 Å². The number of para-hydroxylation sites is 1. The van der Waals surface area contributed by atoms with Crippen LogP contribution in [0.5, 0.6) is 0 Å². The van der Waals surface area contributed by atoms with Crippen molar-refractivity contribution in [3.8, 4) is 22.8 Å². The summed E-state index contributed by atoms with van der Waals surface area (Å²) < 4.78 is 12.6. The second kappa shape index (κ2) is 9.61. The van der Waals surface area contributed by atoms with Gasteiger partial charge in [0.05, 0.1) is 5.56 Å². The van der Waals surface area contributed by atoms with E-state index in [-0.39, 0.29) is 0 Å². The third kappa shape index (κ3) is 3.80. The maximum atomic E-state index is 6.39. The highest BCUT2D eigenvalue weighted by Gasteiger charge is 2.26. The van der Waals surface area contributed by atoms with Crippen LogP contribution in [0.3, 0.4) is 0 Å². The first-order valence-electron chi connectivity index (χ1n) is 15.3. The number of rotatable bonds is 3. The normalized spacial score (nSPS) is 13.0. The molecule has 1 aliphatic heterocycles. The Morgan fingerprint density at radius 2 is 1.24 bits per heavy atom. The third-order valence-corrected chi connectivity index (χ3v) is 8.92. The van der Waals surface area contributed by atoms with Gasteiger partial charge in [0.15, 0.2) is 17.5 Å². The Hall–Kier alpha value is -6.27. The lowest BCUT2D eigenvalue weighted by molar-refractivity contribution is 0.628. The average Bonchev–Trinajstić information content (AvgIpc) is 3.68. The fraction of sp³-hybridized carbons (Fsp3) is 0.0250. The highest BCUT2D eigenvalue weighted by atomic mass is 16.4. The number of anilines is 1. The highest BCUT2D eigenvalue weighted by Crippen LogP contribution is 2.42. The van der Waals surface area contributed by atoms with Gasteiger partial charge >= 0.3 is 0 Å². The number of furan rings is 2. The molecule has 0 fully saturated rings. The number of aromatic nitrogens is 3. The lowest BCUT2D eigenvalue weighted by Gasteiger charge is -2.16. The van der Waals surface area contributed by atoms with Gasteiger partial charge in [-0.3, -0.25) is 0 Å². The molecule has 0 spiro atoms. The molecule has 1 N–H and O–H groups in total. The third-order valence-electron chi connectivity index (χ3n) is 8.92. The summed E-state index contributed by atoms with van der Waals surface area (Å²) in [5.74, 6) is 2.51. The molecule has 0 saturated carbocycles. The lowest BCUT2D eigenvalue weighted by Crippen LogP contribution is -2.10. The average molecular weight is 593 g/mol. The minimum atomic E-state index is 0.588. The standard InChI is InChI=1S/C40H24N4O2/c1-2-9-24-20-27(17-16-23(24)8-1)37-42-38(29-13-7-15-33-35(29)28-12-5-6-14-32(28)45-33)44-39(43-37)30-18-19-41-40-36(30)31-21-25-10-3-4-11-26(25)22-34(31)46-40/h1-18,20-22,41H,19H2. The minimum Gasteiger partial charge on any atom is -0.456 e. The number of nitrogens with zero attached hydrogens (tertiary/aromatic N) is 3. The molecule has 0 aliphatic carbocycles. The summed E-state index contributed by atoms with van der Waals surface area (Å²) in [5.41, 5.74) is 6.14. The Kier molecular flexibility index (Phi) is 5.25. The fourth-order valence-electron chi connectivity index (χ4n) is 6.76. The molecule has 9 aromatic rings. The number of fused-ring (bicyclic) bond motifs is 8. The molecule has 4 heterocycles. The molecule has 0 unspecified atom stereocenters. The van der Waals surface area contributed by atoms with Gasteiger partial charge in [0.2, 0.25) is 5.88 Å². The molecule has 10 rings (SSSR count). The fourth-order valence-corrected chi connectivity index (χ4v) is 6.76. The van der Waals surface area contributed by atoms with E-state index in [0.717, 1.165) is 82.6 Å². The predicted molar refractivity (Wildman–Crippen MR) is 185 cm³/mol. The molecule has 1 aliphatic rings. The van der Waals surface area contributed by atoms with Crippen LogP contribution in [0.2, 0.25) is 0 Å². The van der Waals surface area contributed by atoms with Crippen LogP contribution in [0, 0.1) is 0 Å². The molecule has 216 valence electrons. The van der Waals surface area contributed by atoms with Crippen LogP contribution in [0.4, 0.5) is 5.88 Å². The van der Waals surface area contributed by atoms with Crippen molar-refractivity contribution in [2.24, 2.45) is 0 Å². The summed E-state index contributed by atoms with van der Waals surface area (Å²) >= 11 is 0. The molecule has 0 bridgehead atoms. The molecule has 6 nitrogen and oxygen atoms in total. The van der Waals surface area contributed by atoms with Gasteiger partial charge in [-0.15, -0.1) is 0 Å². The van der Waals surface area contributed by atoms with Gasteiger partial charge < -0.3 is 14.2 Å². The molecule has 46 heavy (non-hydrogen) atoms. The van der Waals surface area contributed by atoms with Crippen molar-refractivity contribution in [1.29, 1.82) is 0 Å². The van der Waals surface area contributed by atoms with E-state index in [9.17, 15) is 0 Å². The number of nitrogens with one attached hydrogen (secondary N) is 1. The Labute approximate surface area is 262 Å². The number of benzene rings is 6. The molecule has 0 amide bonds.